The van der Waals surface area contributed by atoms with Crippen molar-refractivity contribution in [3.8, 4) is 5.75 Å². The minimum Gasteiger partial charge on any atom is -0.497 e. The van der Waals surface area contributed by atoms with Crippen LogP contribution in [-0.4, -0.2) is 47.5 Å². The summed E-state index contributed by atoms with van der Waals surface area (Å²) in [4.78, 5) is 24.4. The van der Waals surface area contributed by atoms with Crippen LogP contribution in [0.15, 0.2) is 67.1 Å². The summed E-state index contributed by atoms with van der Waals surface area (Å²) in [5.41, 5.74) is 4.22. The molecule has 1 aliphatic rings. The van der Waals surface area contributed by atoms with Crippen molar-refractivity contribution in [1.82, 2.24) is 20.2 Å². The van der Waals surface area contributed by atoms with Crippen molar-refractivity contribution < 1.29 is 9.53 Å². The molecule has 1 atom stereocenters. The summed E-state index contributed by atoms with van der Waals surface area (Å²) in [6.45, 7) is 4.92. The molecule has 1 aliphatic heterocycles. The van der Waals surface area contributed by atoms with Crippen molar-refractivity contribution in [2.75, 3.05) is 26.7 Å². The average Bonchev–Trinajstić information content (AvgIpc) is 2.87. The molecule has 0 aliphatic carbocycles. The van der Waals surface area contributed by atoms with Crippen LogP contribution in [0.2, 0.25) is 0 Å². The Bertz CT molecular complexity index is 1050. The highest BCUT2D eigenvalue weighted by Gasteiger charge is 2.28. The van der Waals surface area contributed by atoms with Crippen molar-refractivity contribution in [3.05, 3.63) is 89.5 Å². The standard InChI is InChI=1S/C27H32N4O2/c1-20-6-3-4-9-24(20)26(25-19-28-13-14-29-25)30-27(32)22-11-16-31(17-12-22)15-10-21-7-5-8-23(18-21)33-2/h3-9,13-14,18-19,22,26H,10-12,15-17H2,1-2H3,(H,30,32). The van der Waals surface area contributed by atoms with E-state index in [2.05, 4.69) is 51.4 Å². The molecule has 172 valence electrons. The summed E-state index contributed by atoms with van der Waals surface area (Å²) >= 11 is 0. The van der Waals surface area contributed by atoms with E-state index in [0.29, 0.717) is 0 Å². The third-order valence-corrected chi connectivity index (χ3v) is 6.47. The fourth-order valence-corrected chi connectivity index (χ4v) is 4.48. The number of methoxy groups -OCH3 is 1. The second-order valence-electron chi connectivity index (χ2n) is 8.65. The van der Waals surface area contributed by atoms with Crippen molar-refractivity contribution in [2.24, 2.45) is 5.92 Å². The third-order valence-electron chi connectivity index (χ3n) is 6.47. The zero-order valence-electron chi connectivity index (χ0n) is 19.4. The average molecular weight is 445 g/mol. The van der Waals surface area contributed by atoms with Gasteiger partial charge in [-0.05, 0) is 68.1 Å². The second kappa shape index (κ2) is 11.1. The van der Waals surface area contributed by atoms with E-state index < -0.39 is 0 Å². The van der Waals surface area contributed by atoms with Crippen molar-refractivity contribution in [1.29, 1.82) is 0 Å². The number of nitrogens with zero attached hydrogens (tertiary/aromatic N) is 3. The lowest BCUT2D eigenvalue weighted by molar-refractivity contribution is -0.127. The van der Waals surface area contributed by atoms with Crippen LogP contribution in [0.25, 0.3) is 0 Å². The quantitative estimate of drug-likeness (QED) is 0.570. The van der Waals surface area contributed by atoms with Gasteiger partial charge in [0.1, 0.15) is 5.75 Å². The van der Waals surface area contributed by atoms with Crippen LogP contribution in [-0.2, 0) is 11.2 Å². The summed E-state index contributed by atoms with van der Waals surface area (Å²) in [6.07, 6.45) is 7.78. The number of nitrogens with one attached hydrogen (secondary N) is 1. The summed E-state index contributed by atoms with van der Waals surface area (Å²) in [5.74, 6) is 1.01. The Morgan fingerprint density at radius 3 is 2.70 bits per heavy atom. The third kappa shape index (κ3) is 5.96. The maximum Gasteiger partial charge on any atom is 0.224 e. The predicted octanol–water partition coefficient (Wildman–Crippen LogP) is 3.95. The van der Waals surface area contributed by atoms with Crippen molar-refractivity contribution >= 4 is 5.91 Å². The van der Waals surface area contributed by atoms with Crippen LogP contribution in [0.5, 0.6) is 5.75 Å². The molecule has 1 amide bonds. The van der Waals surface area contributed by atoms with Crippen LogP contribution in [0.4, 0.5) is 0 Å². The number of hydrogen-bond acceptors (Lipinski definition) is 5. The summed E-state index contributed by atoms with van der Waals surface area (Å²) in [6, 6.07) is 16.1. The van der Waals surface area contributed by atoms with Crippen molar-refractivity contribution in [2.45, 2.75) is 32.2 Å². The number of rotatable bonds is 8. The van der Waals surface area contributed by atoms with E-state index in [0.717, 1.165) is 61.5 Å². The lowest BCUT2D eigenvalue weighted by atomic mass is 9.93. The predicted molar refractivity (Wildman–Crippen MR) is 129 cm³/mol. The molecule has 33 heavy (non-hydrogen) atoms. The molecule has 4 rings (SSSR count). The number of ether oxygens (including phenoxy) is 1. The Morgan fingerprint density at radius 1 is 1.15 bits per heavy atom. The minimum absolute atomic E-state index is 0.0151. The topological polar surface area (TPSA) is 67.3 Å². The number of hydrogen-bond donors (Lipinski definition) is 1. The molecule has 0 saturated carbocycles. The zero-order chi connectivity index (χ0) is 23.0. The van der Waals surface area contributed by atoms with E-state index in [9.17, 15) is 4.79 Å². The first-order valence-electron chi connectivity index (χ1n) is 11.6. The van der Waals surface area contributed by atoms with Crippen LogP contribution in [0.3, 0.4) is 0 Å². The molecule has 0 spiro atoms. The van der Waals surface area contributed by atoms with Gasteiger partial charge in [0, 0.05) is 24.9 Å². The van der Waals surface area contributed by atoms with E-state index in [1.165, 1.54) is 5.56 Å². The van der Waals surface area contributed by atoms with E-state index >= 15 is 0 Å². The first-order valence-corrected chi connectivity index (χ1v) is 11.6. The van der Waals surface area contributed by atoms with Crippen LogP contribution >= 0.6 is 0 Å². The van der Waals surface area contributed by atoms with E-state index in [1.807, 2.05) is 24.3 Å². The van der Waals surface area contributed by atoms with Gasteiger partial charge < -0.3 is 15.0 Å². The SMILES string of the molecule is COc1cccc(CCN2CCC(C(=O)NC(c3cnccn3)c3ccccc3C)CC2)c1. The molecule has 0 radical (unpaired) electrons. The van der Waals surface area contributed by atoms with Gasteiger partial charge >= 0.3 is 0 Å². The fraction of sp³-hybridized carbons (Fsp3) is 0.370. The molecule has 6 heteroatoms. The monoisotopic (exact) mass is 444 g/mol. The number of carbonyl (C=O) groups is 1. The normalized spacial score (nSPS) is 15.7. The van der Waals surface area contributed by atoms with Gasteiger partial charge in [0.25, 0.3) is 0 Å². The summed E-state index contributed by atoms with van der Waals surface area (Å²) < 4.78 is 5.32. The summed E-state index contributed by atoms with van der Waals surface area (Å²) in [7, 11) is 1.70. The summed E-state index contributed by atoms with van der Waals surface area (Å²) in [5, 5.41) is 3.27. The van der Waals surface area contributed by atoms with Crippen LogP contribution < -0.4 is 10.1 Å². The smallest absolute Gasteiger partial charge is 0.224 e. The van der Waals surface area contributed by atoms with Gasteiger partial charge in [0.2, 0.25) is 5.91 Å². The molecule has 3 aromatic rings. The fourth-order valence-electron chi connectivity index (χ4n) is 4.48. The number of amides is 1. The van der Waals surface area contributed by atoms with Gasteiger partial charge in [-0.2, -0.15) is 0 Å². The number of carbonyl (C=O) groups excluding carboxylic acids is 1. The van der Waals surface area contributed by atoms with E-state index in [1.54, 1.807) is 25.7 Å². The highest BCUT2D eigenvalue weighted by Crippen LogP contribution is 2.25. The van der Waals surface area contributed by atoms with Gasteiger partial charge in [-0.15, -0.1) is 0 Å². The number of likely N-dealkylation sites (tertiary alicyclic amines) is 1. The maximum absolute atomic E-state index is 13.2. The Balaban J connectivity index is 1.35. The number of aryl methyl sites for hydroxylation is 1. The molecule has 0 bridgehead atoms. The first kappa shape index (κ1) is 22.9. The van der Waals surface area contributed by atoms with Crippen molar-refractivity contribution in [3.63, 3.8) is 0 Å². The van der Waals surface area contributed by atoms with Gasteiger partial charge in [-0.1, -0.05) is 36.4 Å². The molecule has 1 saturated heterocycles. The molecule has 2 heterocycles. The maximum atomic E-state index is 13.2. The van der Waals surface area contributed by atoms with Crippen LogP contribution in [0.1, 0.15) is 41.3 Å². The number of piperidine rings is 1. The van der Waals surface area contributed by atoms with Gasteiger partial charge in [0.15, 0.2) is 0 Å². The zero-order valence-corrected chi connectivity index (χ0v) is 19.4. The second-order valence-corrected chi connectivity index (χ2v) is 8.65. The molecular formula is C27H32N4O2. The Hall–Kier alpha value is -3.25. The highest BCUT2D eigenvalue weighted by molar-refractivity contribution is 5.79. The Morgan fingerprint density at radius 2 is 1.97 bits per heavy atom. The lowest BCUT2D eigenvalue weighted by Gasteiger charge is -2.32. The molecular weight excluding hydrogens is 412 g/mol. The Kier molecular flexibility index (Phi) is 7.68. The highest BCUT2D eigenvalue weighted by atomic mass is 16.5. The number of benzene rings is 2. The van der Waals surface area contributed by atoms with E-state index in [-0.39, 0.29) is 17.9 Å². The lowest BCUT2D eigenvalue weighted by Crippen LogP contribution is -2.42. The first-order chi connectivity index (χ1) is 16.1. The van der Waals surface area contributed by atoms with Gasteiger partial charge in [0.05, 0.1) is 25.0 Å². The molecule has 1 unspecified atom stereocenters. The molecule has 2 aromatic carbocycles. The van der Waals surface area contributed by atoms with Gasteiger partial charge in [-0.3, -0.25) is 14.8 Å². The molecule has 6 nitrogen and oxygen atoms in total. The minimum atomic E-state index is -0.293. The molecule has 1 fully saturated rings. The molecule has 1 aromatic heterocycles. The largest absolute Gasteiger partial charge is 0.497 e. The van der Waals surface area contributed by atoms with E-state index in [4.69, 9.17) is 4.74 Å². The Labute approximate surface area is 196 Å². The van der Waals surface area contributed by atoms with Gasteiger partial charge in [-0.25, -0.2) is 0 Å². The van der Waals surface area contributed by atoms with Crippen LogP contribution in [0, 0.1) is 12.8 Å². The molecule has 1 N–H and O–H groups in total. The number of aromatic nitrogens is 2.